The van der Waals surface area contributed by atoms with Gasteiger partial charge in [0.1, 0.15) is 16.8 Å². The second-order valence-electron chi connectivity index (χ2n) is 18.5. The van der Waals surface area contributed by atoms with Gasteiger partial charge in [-0.3, -0.25) is 0 Å². The molecule has 3 amide bonds. The van der Waals surface area contributed by atoms with Gasteiger partial charge in [-0.1, -0.05) is 18.2 Å². The second kappa shape index (κ2) is 10.8. The number of ether oxygens (including phenoxy) is 3. The standard InChI is InChI=1S/C39H48N6O6/c1-34(2,3)49-31(46)43-13-24-25(14-43)37(24,19-40)22-11-10-12-23(38(20-41)26-15-44(16-27(26)38)32(47)50-35(4,5)6)30(22)39(21-42)28-17-45(18-29(28)39)33(48)51-36(7,8)9/h10-12,24-29H,13-18H2,1-9H3. The van der Waals surface area contributed by atoms with Crippen molar-refractivity contribution in [2.45, 2.75) is 95.4 Å². The first-order chi connectivity index (χ1) is 23.7. The molecule has 0 aromatic heterocycles. The summed E-state index contributed by atoms with van der Waals surface area (Å²) in [7, 11) is 0. The Bertz CT molecular complexity index is 1700. The molecule has 1 aromatic carbocycles. The fraction of sp³-hybridized carbons (Fsp3) is 0.692. The van der Waals surface area contributed by atoms with Crippen LogP contribution in [0.4, 0.5) is 14.4 Å². The van der Waals surface area contributed by atoms with Crippen LogP contribution in [0.2, 0.25) is 0 Å². The molecular formula is C39H48N6O6. The minimum atomic E-state index is -1.01. The van der Waals surface area contributed by atoms with Gasteiger partial charge in [-0.25, -0.2) is 14.4 Å². The van der Waals surface area contributed by atoms with Crippen molar-refractivity contribution in [3.8, 4) is 18.2 Å². The molecule has 3 aliphatic carbocycles. The van der Waals surface area contributed by atoms with Crippen LogP contribution in [0.25, 0.3) is 0 Å². The Hall–Kier alpha value is -4.50. The monoisotopic (exact) mass is 696 g/mol. The average Bonchev–Trinajstić information content (AvgIpc) is 3.68. The van der Waals surface area contributed by atoms with Gasteiger partial charge in [0.15, 0.2) is 0 Å². The van der Waals surface area contributed by atoms with Crippen LogP contribution in [-0.4, -0.2) is 89.1 Å². The second-order valence-corrected chi connectivity index (χ2v) is 18.5. The van der Waals surface area contributed by atoms with Crippen LogP contribution in [0.3, 0.4) is 0 Å². The maximum atomic E-state index is 13.1. The minimum Gasteiger partial charge on any atom is -0.444 e. The first-order valence-corrected chi connectivity index (χ1v) is 18.0. The van der Waals surface area contributed by atoms with E-state index in [1.807, 2.05) is 80.5 Å². The highest BCUT2D eigenvalue weighted by atomic mass is 16.6. The lowest BCUT2D eigenvalue weighted by Gasteiger charge is -2.33. The summed E-state index contributed by atoms with van der Waals surface area (Å²) in [6.45, 7) is 18.5. The number of nitrogens with zero attached hydrogens (tertiary/aromatic N) is 6. The molecule has 6 aliphatic rings. The molecule has 3 aliphatic heterocycles. The molecule has 3 saturated carbocycles. The predicted octanol–water partition coefficient (Wildman–Crippen LogP) is 5.46. The summed E-state index contributed by atoms with van der Waals surface area (Å²) in [4.78, 5) is 44.1. The van der Waals surface area contributed by atoms with Gasteiger partial charge in [0, 0.05) is 74.8 Å². The van der Waals surface area contributed by atoms with E-state index in [-0.39, 0.29) is 35.5 Å². The zero-order valence-corrected chi connectivity index (χ0v) is 31.1. The Morgan fingerprint density at radius 3 is 1.04 bits per heavy atom. The molecular weight excluding hydrogens is 648 g/mol. The number of benzene rings is 1. The first-order valence-electron chi connectivity index (χ1n) is 18.0. The summed E-state index contributed by atoms with van der Waals surface area (Å²) >= 11 is 0. The Labute approximate surface area is 300 Å². The highest BCUT2D eigenvalue weighted by Crippen LogP contribution is 2.73. The van der Waals surface area contributed by atoms with E-state index in [0.717, 1.165) is 16.7 Å². The van der Waals surface area contributed by atoms with E-state index in [1.54, 1.807) is 14.7 Å². The third-order valence-corrected chi connectivity index (χ3v) is 12.0. The maximum absolute atomic E-state index is 13.1. The third-order valence-electron chi connectivity index (χ3n) is 12.0. The van der Waals surface area contributed by atoms with Crippen molar-refractivity contribution in [2.75, 3.05) is 39.3 Å². The van der Waals surface area contributed by atoms with E-state index in [2.05, 4.69) is 18.2 Å². The number of carbonyl (C=O) groups is 3. The largest absolute Gasteiger partial charge is 0.444 e. The van der Waals surface area contributed by atoms with Crippen LogP contribution in [0.15, 0.2) is 18.2 Å². The molecule has 0 spiro atoms. The first kappa shape index (κ1) is 34.9. The summed E-state index contributed by atoms with van der Waals surface area (Å²) in [5, 5.41) is 33.1. The topological polar surface area (TPSA) is 160 Å². The lowest BCUT2D eigenvalue weighted by molar-refractivity contribution is 0.0252. The number of likely N-dealkylation sites (tertiary alicyclic amines) is 3. The van der Waals surface area contributed by atoms with Crippen LogP contribution < -0.4 is 0 Å². The number of amides is 3. The van der Waals surface area contributed by atoms with Crippen LogP contribution in [0.1, 0.15) is 79.0 Å². The molecule has 0 bridgehead atoms. The molecule has 6 atom stereocenters. The van der Waals surface area contributed by atoms with Gasteiger partial charge in [0.2, 0.25) is 0 Å². The molecule has 12 nitrogen and oxygen atoms in total. The zero-order chi connectivity index (χ0) is 37.3. The zero-order valence-electron chi connectivity index (χ0n) is 31.1. The molecule has 12 heteroatoms. The maximum Gasteiger partial charge on any atom is 0.410 e. The van der Waals surface area contributed by atoms with Crippen LogP contribution in [0.5, 0.6) is 0 Å². The van der Waals surface area contributed by atoms with E-state index in [4.69, 9.17) is 14.2 Å². The summed E-state index contributed by atoms with van der Waals surface area (Å²) < 4.78 is 16.9. The molecule has 7 rings (SSSR count). The van der Waals surface area contributed by atoms with Crippen molar-refractivity contribution in [1.29, 1.82) is 15.8 Å². The lowest BCUT2D eigenvalue weighted by Crippen LogP contribution is -2.41. The lowest BCUT2D eigenvalue weighted by atomic mass is 9.73. The molecule has 6 fully saturated rings. The number of nitriles is 3. The SMILES string of the molecule is CC(C)(C)OC(=O)N1CC2C(C1)C2(C#N)c1cccc(C2(C#N)C3CN(C(=O)OC(C)(C)C)CC32)c1C1(C#N)C2CN(C(=O)OC(C)(C)C)CC21. The summed E-state index contributed by atoms with van der Waals surface area (Å²) in [6, 6.07) is 13.7. The molecule has 6 unspecified atom stereocenters. The van der Waals surface area contributed by atoms with Crippen molar-refractivity contribution in [3.63, 3.8) is 0 Å². The highest BCUT2D eigenvalue weighted by molar-refractivity contribution is 5.74. The van der Waals surface area contributed by atoms with Gasteiger partial charge in [-0.15, -0.1) is 0 Å². The number of piperidine rings is 3. The van der Waals surface area contributed by atoms with Crippen LogP contribution >= 0.6 is 0 Å². The highest BCUT2D eigenvalue weighted by Gasteiger charge is 2.79. The van der Waals surface area contributed by atoms with Gasteiger partial charge in [-0.05, 0) is 79.0 Å². The minimum absolute atomic E-state index is 0.156. The van der Waals surface area contributed by atoms with E-state index in [1.165, 1.54) is 0 Å². The Balaban J connectivity index is 1.26. The van der Waals surface area contributed by atoms with Gasteiger partial charge in [0.05, 0.1) is 34.5 Å². The molecule has 51 heavy (non-hydrogen) atoms. The number of hydrogen-bond donors (Lipinski definition) is 0. The van der Waals surface area contributed by atoms with E-state index < -0.39 is 51.3 Å². The van der Waals surface area contributed by atoms with Crippen LogP contribution in [0, 0.1) is 69.5 Å². The van der Waals surface area contributed by atoms with Gasteiger partial charge >= 0.3 is 18.3 Å². The predicted molar refractivity (Wildman–Crippen MR) is 183 cm³/mol. The molecule has 3 heterocycles. The van der Waals surface area contributed by atoms with Gasteiger partial charge in [0.25, 0.3) is 0 Å². The Morgan fingerprint density at radius 1 is 0.549 bits per heavy atom. The van der Waals surface area contributed by atoms with Crippen molar-refractivity contribution in [1.82, 2.24) is 14.7 Å². The normalized spacial score (nSPS) is 35.8. The summed E-state index contributed by atoms with van der Waals surface area (Å²) in [6.07, 6.45) is -1.24. The number of rotatable bonds is 3. The van der Waals surface area contributed by atoms with Gasteiger partial charge in [-0.2, -0.15) is 15.8 Å². The quantitative estimate of drug-likeness (QED) is 0.374. The summed E-state index contributed by atoms with van der Waals surface area (Å²) in [5.74, 6) is -1.02. The smallest absolute Gasteiger partial charge is 0.410 e. The van der Waals surface area contributed by atoms with E-state index >= 15 is 0 Å². The fourth-order valence-corrected chi connectivity index (χ4v) is 9.85. The number of fused-ring (bicyclic) bond motifs is 3. The molecule has 1 aromatic rings. The van der Waals surface area contributed by atoms with Crippen LogP contribution in [-0.2, 0) is 30.5 Å². The molecule has 270 valence electrons. The molecule has 3 saturated heterocycles. The number of carbonyl (C=O) groups excluding carboxylic acids is 3. The van der Waals surface area contributed by atoms with E-state index in [0.29, 0.717) is 39.3 Å². The van der Waals surface area contributed by atoms with E-state index in [9.17, 15) is 30.2 Å². The molecule has 0 N–H and O–H groups in total. The molecule has 0 radical (unpaired) electrons. The number of hydrogen-bond acceptors (Lipinski definition) is 9. The van der Waals surface area contributed by atoms with Crippen molar-refractivity contribution < 1.29 is 28.6 Å². The Morgan fingerprint density at radius 2 is 0.804 bits per heavy atom. The third kappa shape index (κ3) is 5.13. The van der Waals surface area contributed by atoms with Crippen molar-refractivity contribution >= 4 is 18.3 Å². The van der Waals surface area contributed by atoms with Crippen molar-refractivity contribution in [3.05, 3.63) is 34.9 Å². The summed E-state index contributed by atoms with van der Waals surface area (Å²) in [5.41, 5.74) is -2.62. The fourth-order valence-electron chi connectivity index (χ4n) is 9.85. The van der Waals surface area contributed by atoms with Crippen molar-refractivity contribution in [2.24, 2.45) is 35.5 Å². The Kier molecular flexibility index (Phi) is 7.37. The van der Waals surface area contributed by atoms with Gasteiger partial charge < -0.3 is 28.9 Å². The average molecular weight is 697 g/mol.